The lowest BCUT2D eigenvalue weighted by Gasteiger charge is -2.17. The van der Waals surface area contributed by atoms with E-state index >= 15 is 0 Å². The second-order valence-corrected chi connectivity index (χ2v) is 7.68. The largest absolute Gasteiger partial charge is 0.493 e. The molecule has 1 N–H and O–H groups in total. The number of rotatable bonds is 8. The van der Waals surface area contributed by atoms with Gasteiger partial charge in [-0.1, -0.05) is 48.7 Å². The molecule has 0 aliphatic heterocycles. The third-order valence-corrected chi connectivity index (χ3v) is 5.51. The molecular formula is C22H24BrNO3. The van der Waals surface area contributed by atoms with Gasteiger partial charge in [0.05, 0.1) is 18.7 Å². The van der Waals surface area contributed by atoms with Gasteiger partial charge in [0.2, 0.25) is 0 Å². The Bertz CT molecular complexity index is 944. The Labute approximate surface area is 167 Å². The van der Waals surface area contributed by atoms with Gasteiger partial charge in [-0.15, -0.1) is 0 Å². The number of carboxylic acids is 1. The molecule has 0 atom stereocenters. The molecule has 0 aliphatic rings. The normalized spacial score (nSPS) is 11.3. The van der Waals surface area contributed by atoms with Crippen LogP contribution in [0.1, 0.15) is 42.6 Å². The van der Waals surface area contributed by atoms with Gasteiger partial charge < -0.3 is 14.4 Å². The number of aromatic nitrogens is 1. The molecule has 2 aromatic carbocycles. The lowest BCUT2D eigenvalue weighted by Crippen LogP contribution is -2.12. The number of benzene rings is 2. The lowest BCUT2D eigenvalue weighted by atomic mass is 10.1. The van der Waals surface area contributed by atoms with E-state index in [9.17, 15) is 9.90 Å². The van der Waals surface area contributed by atoms with Crippen LogP contribution in [-0.4, -0.2) is 22.2 Å². The first-order chi connectivity index (χ1) is 13.0. The number of carbonyl (C=O) groups is 1. The summed E-state index contributed by atoms with van der Waals surface area (Å²) in [6, 6.07) is 13.3. The Hall–Kier alpha value is -2.27. The van der Waals surface area contributed by atoms with Crippen molar-refractivity contribution in [1.29, 1.82) is 0 Å². The van der Waals surface area contributed by atoms with Crippen LogP contribution < -0.4 is 4.74 Å². The molecule has 0 unspecified atom stereocenters. The molecular weight excluding hydrogens is 406 g/mol. The first kappa shape index (κ1) is 19.5. The van der Waals surface area contributed by atoms with Gasteiger partial charge in [0, 0.05) is 21.7 Å². The standard InChI is InChI=1S/C22H24BrNO3/c1-3-15(4-2)14-27-21-8-7-19(23)11-18(21)13-24-10-9-16-5-6-17(22(25)26)12-20(16)24/h5-12,15H,3-4,13-14H2,1-2H3,(H,25,26). The zero-order chi connectivity index (χ0) is 19.4. The van der Waals surface area contributed by atoms with Crippen LogP contribution >= 0.6 is 15.9 Å². The zero-order valence-electron chi connectivity index (χ0n) is 15.6. The van der Waals surface area contributed by atoms with Crippen LogP contribution in [0.4, 0.5) is 0 Å². The molecule has 0 radical (unpaired) electrons. The molecule has 5 heteroatoms. The number of aromatic carboxylic acids is 1. The van der Waals surface area contributed by atoms with Gasteiger partial charge >= 0.3 is 5.97 Å². The van der Waals surface area contributed by atoms with Crippen LogP contribution in [0.2, 0.25) is 0 Å². The lowest BCUT2D eigenvalue weighted by molar-refractivity contribution is 0.0697. The number of hydrogen-bond acceptors (Lipinski definition) is 2. The highest BCUT2D eigenvalue weighted by Crippen LogP contribution is 2.27. The minimum absolute atomic E-state index is 0.293. The summed E-state index contributed by atoms with van der Waals surface area (Å²) in [4.78, 5) is 11.3. The van der Waals surface area contributed by atoms with Crippen molar-refractivity contribution >= 4 is 32.8 Å². The van der Waals surface area contributed by atoms with Gasteiger partial charge in [0.15, 0.2) is 0 Å². The zero-order valence-corrected chi connectivity index (χ0v) is 17.2. The quantitative estimate of drug-likeness (QED) is 0.479. The van der Waals surface area contributed by atoms with E-state index in [2.05, 4.69) is 40.4 Å². The Balaban J connectivity index is 1.91. The van der Waals surface area contributed by atoms with E-state index in [4.69, 9.17) is 4.74 Å². The smallest absolute Gasteiger partial charge is 0.335 e. The van der Waals surface area contributed by atoms with Crippen molar-refractivity contribution in [3.05, 3.63) is 64.3 Å². The number of halogens is 1. The molecule has 0 aliphatic carbocycles. The first-order valence-electron chi connectivity index (χ1n) is 9.25. The van der Waals surface area contributed by atoms with Crippen molar-refractivity contribution in [2.75, 3.05) is 6.61 Å². The molecule has 142 valence electrons. The molecule has 1 aromatic heterocycles. The van der Waals surface area contributed by atoms with Crippen LogP contribution in [0, 0.1) is 5.92 Å². The number of hydrogen-bond donors (Lipinski definition) is 1. The topological polar surface area (TPSA) is 51.5 Å². The molecule has 27 heavy (non-hydrogen) atoms. The van der Waals surface area contributed by atoms with Crippen molar-refractivity contribution in [1.82, 2.24) is 4.57 Å². The highest BCUT2D eigenvalue weighted by Gasteiger charge is 2.12. The molecule has 3 aromatic rings. The molecule has 0 saturated carbocycles. The number of carboxylic acid groups (broad SMARTS) is 1. The molecule has 0 spiro atoms. The average Bonchev–Trinajstić information content (AvgIpc) is 3.06. The van der Waals surface area contributed by atoms with E-state index in [0.29, 0.717) is 24.6 Å². The fourth-order valence-corrected chi connectivity index (χ4v) is 3.59. The monoisotopic (exact) mass is 429 g/mol. The fraction of sp³-hybridized carbons (Fsp3) is 0.318. The fourth-order valence-electron chi connectivity index (χ4n) is 3.18. The predicted octanol–water partition coefficient (Wildman–Crippen LogP) is 5.97. The third kappa shape index (κ3) is 4.53. The Morgan fingerprint density at radius 3 is 2.63 bits per heavy atom. The number of ether oxygens (including phenoxy) is 1. The van der Waals surface area contributed by atoms with Crippen LogP contribution in [-0.2, 0) is 6.54 Å². The molecule has 3 rings (SSSR count). The van der Waals surface area contributed by atoms with E-state index in [0.717, 1.165) is 39.5 Å². The Morgan fingerprint density at radius 2 is 1.93 bits per heavy atom. The van der Waals surface area contributed by atoms with E-state index in [1.807, 2.05) is 30.5 Å². The molecule has 0 bridgehead atoms. The highest BCUT2D eigenvalue weighted by atomic mass is 79.9. The molecule has 0 amide bonds. The summed E-state index contributed by atoms with van der Waals surface area (Å²) in [6.07, 6.45) is 4.19. The molecule has 0 fully saturated rings. The Kier molecular flexibility index (Phi) is 6.22. The van der Waals surface area contributed by atoms with E-state index in [1.165, 1.54) is 0 Å². The summed E-state index contributed by atoms with van der Waals surface area (Å²) >= 11 is 3.55. The van der Waals surface area contributed by atoms with Gasteiger partial charge in [-0.25, -0.2) is 4.79 Å². The van der Waals surface area contributed by atoms with Crippen LogP contribution in [0.5, 0.6) is 5.75 Å². The molecule has 1 heterocycles. The van der Waals surface area contributed by atoms with Crippen molar-refractivity contribution in [3.63, 3.8) is 0 Å². The van der Waals surface area contributed by atoms with Gasteiger partial charge in [0.1, 0.15) is 5.75 Å². The minimum Gasteiger partial charge on any atom is -0.493 e. The summed E-state index contributed by atoms with van der Waals surface area (Å²) in [6.45, 7) is 5.69. The summed E-state index contributed by atoms with van der Waals surface area (Å²) in [7, 11) is 0. The summed E-state index contributed by atoms with van der Waals surface area (Å²) in [5.74, 6) is 0.509. The van der Waals surface area contributed by atoms with Crippen molar-refractivity contribution in [2.24, 2.45) is 5.92 Å². The van der Waals surface area contributed by atoms with E-state index < -0.39 is 5.97 Å². The van der Waals surface area contributed by atoms with E-state index in [-0.39, 0.29) is 0 Å². The molecule has 4 nitrogen and oxygen atoms in total. The third-order valence-electron chi connectivity index (χ3n) is 5.01. The SMILES string of the molecule is CCC(CC)COc1ccc(Br)cc1Cn1ccc2ccc(C(=O)O)cc21. The number of fused-ring (bicyclic) bond motifs is 1. The first-order valence-corrected chi connectivity index (χ1v) is 10.0. The summed E-state index contributed by atoms with van der Waals surface area (Å²) < 4.78 is 9.19. The number of nitrogens with zero attached hydrogens (tertiary/aromatic N) is 1. The maximum Gasteiger partial charge on any atom is 0.335 e. The van der Waals surface area contributed by atoms with Crippen molar-refractivity contribution in [3.8, 4) is 5.75 Å². The minimum atomic E-state index is -0.915. The maximum atomic E-state index is 11.3. The van der Waals surface area contributed by atoms with Gasteiger partial charge in [-0.2, -0.15) is 0 Å². The maximum absolute atomic E-state index is 11.3. The predicted molar refractivity (Wildman–Crippen MR) is 112 cm³/mol. The van der Waals surface area contributed by atoms with Crippen molar-refractivity contribution in [2.45, 2.75) is 33.2 Å². The average molecular weight is 430 g/mol. The highest BCUT2D eigenvalue weighted by molar-refractivity contribution is 9.10. The summed E-state index contributed by atoms with van der Waals surface area (Å²) in [5, 5.41) is 10.3. The molecule has 0 saturated heterocycles. The summed E-state index contributed by atoms with van der Waals surface area (Å²) in [5.41, 5.74) is 2.26. The van der Waals surface area contributed by atoms with Crippen molar-refractivity contribution < 1.29 is 14.6 Å². The van der Waals surface area contributed by atoms with Gasteiger partial charge in [0.25, 0.3) is 0 Å². The second kappa shape index (κ2) is 8.61. The van der Waals surface area contributed by atoms with Gasteiger partial charge in [-0.05, 0) is 47.7 Å². The van der Waals surface area contributed by atoms with Crippen LogP contribution in [0.25, 0.3) is 10.9 Å². The van der Waals surface area contributed by atoms with Crippen LogP contribution in [0.15, 0.2) is 53.1 Å². The van der Waals surface area contributed by atoms with Gasteiger partial charge in [-0.3, -0.25) is 0 Å². The second-order valence-electron chi connectivity index (χ2n) is 6.77. The van der Waals surface area contributed by atoms with Crippen LogP contribution in [0.3, 0.4) is 0 Å². The van der Waals surface area contributed by atoms with E-state index in [1.54, 1.807) is 12.1 Å². The Morgan fingerprint density at radius 1 is 1.15 bits per heavy atom.